The van der Waals surface area contributed by atoms with Crippen molar-refractivity contribution in [2.45, 2.75) is 57.0 Å². The summed E-state index contributed by atoms with van der Waals surface area (Å²) in [5, 5.41) is 12.7. The van der Waals surface area contributed by atoms with Gasteiger partial charge in [-0.05, 0) is 51.7 Å². The van der Waals surface area contributed by atoms with Crippen molar-refractivity contribution in [2.75, 3.05) is 19.6 Å². The average molecular weight is 221 g/mol. The Labute approximate surface area is 98.8 Å². The van der Waals surface area contributed by atoms with Crippen molar-refractivity contribution in [3.05, 3.63) is 0 Å². The molecule has 0 bridgehead atoms. The molecule has 2 unspecified atom stereocenters. The fourth-order valence-electron chi connectivity index (χ4n) is 3.25. The second kappa shape index (κ2) is 5.16. The molecule has 1 saturated carbocycles. The first-order chi connectivity index (χ1) is 7.79. The summed E-state index contributed by atoms with van der Waals surface area (Å²) in [7, 11) is 0. The Morgan fingerprint density at radius 1 is 1.38 bits per heavy atom. The Balaban J connectivity index is 1.93. The van der Waals surface area contributed by atoms with E-state index in [1.54, 1.807) is 0 Å². The molecule has 1 N–H and O–H groups in total. The molecular weight excluding hydrogens is 198 g/mol. The standard InChI is InChI=1S/C13H23N3/c1-2-15-13(11-14)7-6-12(10-13)16-8-4-3-5-9-16/h12,15H,2-10H2,1H3. The van der Waals surface area contributed by atoms with Gasteiger partial charge in [0.25, 0.3) is 0 Å². The fraction of sp³-hybridized carbons (Fsp3) is 0.923. The Hall–Kier alpha value is -0.590. The van der Waals surface area contributed by atoms with E-state index in [0.29, 0.717) is 6.04 Å². The Kier molecular flexibility index (Phi) is 3.83. The van der Waals surface area contributed by atoms with E-state index in [-0.39, 0.29) is 5.54 Å². The van der Waals surface area contributed by atoms with E-state index in [2.05, 4.69) is 23.2 Å². The third-order valence-corrected chi connectivity index (χ3v) is 4.12. The number of nitrogens with one attached hydrogen (secondary N) is 1. The summed E-state index contributed by atoms with van der Waals surface area (Å²) in [5.74, 6) is 0. The molecular formula is C13H23N3. The summed E-state index contributed by atoms with van der Waals surface area (Å²) >= 11 is 0. The minimum atomic E-state index is -0.225. The van der Waals surface area contributed by atoms with Crippen LogP contribution in [-0.2, 0) is 0 Å². The van der Waals surface area contributed by atoms with E-state index in [0.717, 1.165) is 19.4 Å². The zero-order valence-corrected chi connectivity index (χ0v) is 10.3. The normalized spacial score (nSPS) is 36.1. The molecule has 3 heteroatoms. The summed E-state index contributed by atoms with van der Waals surface area (Å²) in [4.78, 5) is 2.61. The van der Waals surface area contributed by atoms with Crippen LogP contribution in [0.5, 0.6) is 0 Å². The molecule has 0 spiro atoms. The number of nitriles is 1. The number of rotatable bonds is 3. The first-order valence-electron chi connectivity index (χ1n) is 6.70. The molecule has 0 amide bonds. The number of nitrogens with zero attached hydrogens (tertiary/aromatic N) is 2. The highest BCUT2D eigenvalue weighted by molar-refractivity contribution is 5.13. The van der Waals surface area contributed by atoms with Gasteiger partial charge >= 0.3 is 0 Å². The first-order valence-corrected chi connectivity index (χ1v) is 6.70. The molecule has 0 aromatic rings. The summed E-state index contributed by atoms with van der Waals surface area (Å²) in [6.45, 7) is 5.49. The van der Waals surface area contributed by atoms with Gasteiger partial charge in [0.1, 0.15) is 5.54 Å². The average Bonchev–Trinajstić information content (AvgIpc) is 2.76. The van der Waals surface area contributed by atoms with Crippen LogP contribution in [0, 0.1) is 11.3 Å². The molecule has 1 aliphatic heterocycles. The van der Waals surface area contributed by atoms with E-state index < -0.39 is 0 Å². The lowest BCUT2D eigenvalue weighted by molar-refractivity contribution is 0.160. The largest absolute Gasteiger partial charge is 0.300 e. The molecule has 2 atom stereocenters. The molecule has 16 heavy (non-hydrogen) atoms. The second-order valence-corrected chi connectivity index (χ2v) is 5.22. The van der Waals surface area contributed by atoms with Crippen LogP contribution in [0.4, 0.5) is 0 Å². The van der Waals surface area contributed by atoms with Gasteiger partial charge in [-0.2, -0.15) is 5.26 Å². The summed E-state index contributed by atoms with van der Waals surface area (Å²) in [5.41, 5.74) is -0.225. The highest BCUT2D eigenvalue weighted by Gasteiger charge is 2.40. The van der Waals surface area contributed by atoms with Crippen molar-refractivity contribution in [3.63, 3.8) is 0 Å². The maximum absolute atomic E-state index is 9.33. The summed E-state index contributed by atoms with van der Waals surface area (Å²) in [6, 6.07) is 3.16. The van der Waals surface area contributed by atoms with Gasteiger partial charge in [0.2, 0.25) is 0 Å². The van der Waals surface area contributed by atoms with Crippen LogP contribution in [0.25, 0.3) is 0 Å². The topological polar surface area (TPSA) is 39.1 Å². The third kappa shape index (κ3) is 2.39. The summed E-state index contributed by atoms with van der Waals surface area (Å²) < 4.78 is 0. The number of hydrogen-bond donors (Lipinski definition) is 1. The molecule has 2 aliphatic rings. The summed E-state index contributed by atoms with van der Waals surface area (Å²) in [6.07, 6.45) is 7.32. The van der Waals surface area contributed by atoms with E-state index in [4.69, 9.17) is 0 Å². The van der Waals surface area contributed by atoms with E-state index in [1.165, 1.54) is 38.8 Å². The van der Waals surface area contributed by atoms with E-state index in [1.807, 2.05) is 0 Å². The van der Waals surface area contributed by atoms with Crippen molar-refractivity contribution in [1.82, 2.24) is 10.2 Å². The van der Waals surface area contributed by atoms with Gasteiger partial charge in [-0.15, -0.1) is 0 Å². The number of hydrogen-bond acceptors (Lipinski definition) is 3. The number of piperidine rings is 1. The zero-order valence-electron chi connectivity index (χ0n) is 10.3. The van der Waals surface area contributed by atoms with Gasteiger partial charge < -0.3 is 4.90 Å². The molecule has 1 aliphatic carbocycles. The van der Waals surface area contributed by atoms with Crippen molar-refractivity contribution in [1.29, 1.82) is 5.26 Å². The van der Waals surface area contributed by atoms with Crippen molar-refractivity contribution >= 4 is 0 Å². The first kappa shape index (κ1) is 11.9. The van der Waals surface area contributed by atoms with E-state index >= 15 is 0 Å². The van der Waals surface area contributed by atoms with Gasteiger partial charge in [-0.1, -0.05) is 13.3 Å². The molecule has 90 valence electrons. The van der Waals surface area contributed by atoms with Crippen LogP contribution in [0.15, 0.2) is 0 Å². The zero-order chi connectivity index (χ0) is 11.4. The van der Waals surface area contributed by atoms with Crippen LogP contribution in [-0.4, -0.2) is 36.1 Å². The molecule has 2 fully saturated rings. The molecule has 3 nitrogen and oxygen atoms in total. The Morgan fingerprint density at radius 2 is 2.12 bits per heavy atom. The van der Waals surface area contributed by atoms with Gasteiger partial charge in [0.05, 0.1) is 6.07 Å². The third-order valence-electron chi connectivity index (χ3n) is 4.12. The van der Waals surface area contributed by atoms with Crippen molar-refractivity contribution < 1.29 is 0 Å². The predicted molar refractivity (Wildman–Crippen MR) is 65.1 cm³/mol. The lowest BCUT2D eigenvalue weighted by Crippen LogP contribution is -2.44. The van der Waals surface area contributed by atoms with Crippen LogP contribution >= 0.6 is 0 Å². The lowest BCUT2D eigenvalue weighted by atomic mass is 9.99. The van der Waals surface area contributed by atoms with Gasteiger partial charge in [-0.3, -0.25) is 5.32 Å². The molecule has 2 rings (SSSR count). The maximum atomic E-state index is 9.33. The quantitative estimate of drug-likeness (QED) is 0.791. The van der Waals surface area contributed by atoms with Crippen LogP contribution in [0.1, 0.15) is 45.4 Å². The fourth-order valence-corrected chi connectivity index (χ4v) is 3.25. The Morgan fingerprint density at radius 3 is 2.75 bits per heavy atom. The smallest absolute Gasteiger partial charge is 0.108 e. The van der Waals surface area contributed by atoms with Crippen molar-refractivity contribution in [3.8, 4) is 6.07 Å². The van der Waals surface area contributed by atoms with Crippen LogP contribution < -0.4 is 5.32 Å². The highest BCUT2D eigenvalue weighted by Crippen LogP contribution is 2.33. The minimum Gasteiger partial charge on any atom is -0.300 e. The molecule has 1 heterocycles. The monoisotopic (exact) mass is 221 g/mol. The SMILES string of the molecule is CCNC1(C#N)CCC(N2CCCCC2)C1. The van der Waals surface area contributed by atoms with Crippen LogP contribution in [0.2, 0.25) is 0 Å². The highest BCUT2D eigenvalue weighted by atomic mass is 15.2. The van der Waals surface area contributed by atoms with Gasteiger partial charge in [-0.25, -0.2) is 0 Å². The van der Waals surface area contributed by atoms with Crippen LogP contribution in [0.3, 0.4) is 0 Å². The lowest BCUT2D eigenvalue weighted by Gasteiger charge is -2.33. The molecule has 0 aromatic heterocycles. The molecule has 0 radical (unpaired) electrons. The maximum Gasteiger partial charge on any atom is 0.108 e. The van der Waals surface area contributed by atoms with Crippen molar-refractivity contribution in [2.24, 2.45) is 0 Å². The van der Waals surface area contributed by atoms with Gasteiger partial charge in [0, 0.05) is 6.04 Å². The molecule has 1 saturated heterocycles. The number of likely N-dealkylation sites (tertiary alicyclic amines) is 1. The minimum absolute atomic E-state index is 0.225. The predicted octanol–water partition coefficient (Wildman–Crippen LogP) is 1.90. The second-order valence-electron chi connectivity index (χ2n) is 5.22. The van der Waals surface area contributed by atoms with Gasteiger partial charge in [0.15, 0.2) is 0 Å². The van der Waals surface area contributed by atoms with E-state index in [9.17, 15) is 5.26 Å². The molecule has 0 aromatic carbocycles. The Bertz CT molecular complexity index is 265.